The number of hydrogen-bond donors (Lipinski definition) is 1. The average Bonchev–Trinajstić information content (AvgIpc) is 2.44. The van der Waals surface area contributed by atoms with Gasteiger partial charge < -0.3 is 5.32 Å². The second-order valence-corrected chi connectivity index (χ2v) is 4.40. The molecule has 19 heavy (non-hydrogen) atoms. The van der Waals surface area contributed by atoms with Crippen molar-refractivity contribution >= 4 is 23.6 Å². The fourth-order valence-electron chi connectivity index (χ4n) is 1.53. The molecule has 0 fully saturated rings. The summed E-state index contributed by atoms with van der Waals surface area (Å²) in [6.07, 6.45) is 6.62. The van der Waals surface area contributed by atoms with Gasteiger partial charge in [-0.1, -0.05) is 23.7 Å². The van der Waals surface area contributed by atoms with E-state index >= 15 is 0 Å². The number of aromatic nitrogens is 1. The Morgan fingerprint density at radius 2 is 2.05 bits per heavy atom. The summed E-state index contributed by atoms with van der Waals surface area (Å²) < 4.78 is 0. The summed E-state index contributed by atoms with van der Waals surface area (Å²) >= 11 is 5.86. The maximum Gasteiger partial charge on any atom is 0.244 e. The van der Waals surface area contributed by atoms with Crippen LogP contribution in [0.15, 0.2) is 54.9 Å². The topological polar surface area (TPSA) is 42.0 Å². The standard InChI is InChI=1S/C15H13ClN2O/c16-14-3-1-2-12(10-14)4-5-15(19)18-11-13-6-8-17-9-7-13/h1-10H,11H2,(H,18,19)/b5-4+. The molecule has 0 unspecified atom stereocenters. The van der Waals surface area contributed by atoms with Crippen molar-refractivity contribution in [3.63, 3.8) is 0 Å². The minimum Gasteiger partial charge on any atom is -0.348 e. The molecule has 0 aliphatic heterocycles. The first kappa shape index (κ1) is 13.3. The molecule has 0 atom stereocenters. The molecule has 0 saturated carbocycles. The van der Waals surface area contributed by atoms with Gasteiger partial charge in [-0.25, -0.2) is 0 Å². The molecule has 2 rings (SSSR count). The molecule has 1 amide bonds. The Bertz CT molecular complexity index is 582. The van der Waals surface area contributed by atoms with E-state index in [0.717, 1.165) is 11.1 Å². The van der Waals surface area contributed by atoms with Crippen LogP contribution in [0.1, 0.15) is 11.1 Å². The third-order valence-corrected chi connectivity index (χ3v) is 2.73. The third kappa shape index (κ3) is 4.56. The van der Waals surface area contributed by atoms with E-state index in [1.54, 1.807) is 30.6 Å². The largest absolute Gasteiger partial charge is 0.348 e. The number of pyridine rings is 1. The molecule has 4 heteroatoms. The first-order chi connectivity index (χ1) is 9.24. The van der Waals surface area contributed by atoms with Gasteiger partial charge in [0.15, 0.2) is 0 Å². The number of hydrogen-bond acceptors (Lipinski definition) is 2. The van der Waals surface area contributed by atoms with Crippen molar-refractivity contribution < 1.29 is 4.79 Å². The second kappa shape index (κ2) is 6.71. The maximum atomic E-state index is 11.6. The molecule has 96 valence electrons. The SMILES string of the molecule is O=C(/C=C/c1cccc(Cl)c1)NCc1ccncc1. The molecule has 1 aromatic carbocycles. The predicted molar refractivity (Wildman–Crippen MR) is 76.6 cm³/mol. The first-order valence-corrected chi connectivity index (χ1v) is 6.22. The van der Waals surface area contributed by atoms with Crippen LogP contribution in [-0.4, -0.2) is 10.9 Å². The number of carbonyl (C=O) groups is 1. The quantitative estimate of drug-likeness (QED) is 0.869. The summed E-state index contributed by atoms with van der Waals surface area (Å²) in [6, 6.07) is 11.0. The number of amides is 1. The molecule has 0 spiro atoms. The summed E-state index contributed by atoms with van der Waals surface area (Å²) in [6.45, 7) is 0.487. The Kier molecular flexibility index (Phi) is 4.70. The monoisotopic (exact) mass is 272 g/mol. The van der Waals surface area contributed by atoms with Gasteiger partial charge >= 0.3 is 0 Å². The van der Waals surface area contributed by atoms with Gasteiger partial charge in [0.2, 0.25) is 5.91 Å². The Morgan fingerprint density at radius 1 is 1.26 bits per heavy atom. The van der Waals surface area contributed by atoms with Gasteiger partial charge in [-0.2, -0.15) is 0 Å². The number of carbonyl (C=O) groups excluding carboxylic acids is 1. The van der Waals surface area contributed by atoms with E-state index in [0.29, 0.717) is 11.6 Å². The summed E-state index contributed by atoms with van der Waals surface area (Å²) in [5.41, 5.74) is 1.91. The first-order valence-electron chi connectivity index (χ1n) is 5.84. The van der Waals surface area contributed by atoms with Crippen molar-refractivity contribution in [2.45, 2.75) is 6.54 Å². The van der Waals surface area contributed by atoms with Crippen LogP contribution in [0.3, 0.4) is 0 Å². The van der Waals surface area contributed by atoms with Crippen molar-refractivity contribution in [3.8, 4) is 0 Å². The summed E-state index contributed by atoms with van der Waals surface area (Å²) in [4.78, 5) is 15.5. The molecule has 1 N–H and O–H groups in total. The van der Waals surface area contributed by atoms with Gasteiger partial charge in [-0.3, -0.25) is 9.78 Å². The minimum atomic E-state index is -0.142. The fraction of sp³-hybridized carbons (Fsp3) is 0.0667. The molecule has 0 saturated heterocycles. The lowest BCUT2D eigenvalue weighted by molar-refractivity contribution is -0.116. The average molecular weight is 273 g/mol. The Labute approximate surface area is 116 Å². The predicted octanol–water partition coefficient (Wildman–Crippen LogP) is 3.06. The molecule has 1 heterocycles. The zero-order valence-corrected chi connectivity index (χ0v) is 11.0. The van der Waals surface area contributed by atoms with Crippen LogP contribution in [0.5, 0.6) is 0 Å². The van der Waals surface area contributed by atoms with Gasteiger partial charge in [0, 0.05) is 30.0 Å². The fourth-order valence-corrected chi connectivity index (χ4v) is 1.73. The Hall–Kier alpha value is -2.13. The van der Waals surface area contributed by atoms with Crippen LogP contribution in [0.2, 0.25) is 5.02 Å². The highest BCUT2D eigenvalue weighted by Gasteiger charge is 1.96. The van der Waals surface area contributed by atoms with Crippen LogP contribution in [0.4, 0.5) is 0 Å². The van der Waals surface area contributed by atoms with Crippen molar-refractivity contribution in [1.82, 2.24) is 10.3 Å². The second-order valence-electron chi connectivity index (χ2n) is 3.96. The van der Waals surface area contributed by atoms with E-state index in [1.165, 1.54) is 6.08 Å². The van der Waals surface area contributed by atoms with Crippen LogP contribution in [0, 0.1) is 0 Å². The molecular weight excluding hydrogens is 260 g/mol. The van der Waals surface area contributed by atoms with Crippen LogP contribution >= 0.6 is 11.6 Å². The smallest absolute Gasteiger partial charge is 0.244 e. The summed E-state index contributed by atoms with van der Waals surface area (Å²) in [7, 11) is 0. The van der Waals surface area contributed by atoms with E-state index in [2.05, 4.69) is 10.3 Å². The number of benzene rings is 1. The summed E-state index contributed by atoms with van der Waals surface area (Å²) in [5, 5.41) is 3.45. The zero-order valence-electron chi connectivity index (χ0n) is 10.2. The normalized spacial score (nSPS) is 10.6. The number of nitrogens with one attached hydrogen (secondary N) is 1. The molecule has 0 radical (unpaired) electrons. The minimum absolute atomic E-state index is 0.142. The Balaban J connectivity index is 1.88. The van der Waals surface area contributed by atoms with Crippen LogP contribution in [-0.2, 0) is 11.3 Å². The maximum absolute atomic E-state index is 11.6. The molecule has 1 aromatic heterocycles. The van der Waals surface area contributed by atoms with Crippen molar-refractivity contribution in [2.24, 2.45) is 0 Å². The van der Waals surface area contributed by atoms with E-state index in [9.17, 15) is 4.79 Å². The number of rotatable bonds is 4. The van der Waals surface area contributed by atoms with Gasteiger partial charge in [-0.15, -0.1) is 0 Å². The van der Waals surface area contributed by atoms with E-state index in [-0.39, 0.29) is 5.91 Å². The van der Waals surface area contributed by atoms with Crippen molar-refractivity contribution in [1.29, 1.82) is 0 Å². The van der Waals surface area contributed by atoms with E-state index in [4.69, 9.17) is 11.6 Å². The molecule has 3 nitrogen and oxygen atoms in total. The van der Waals surface area contributed by atoms with Gasteiger partial charge in [0.25, 0.3) is 0 Å². The highest BCUT2D eigenvalue weighted by atomic mass is 35.5. The van der Waals surface area contributed by atoms with Gasteiger partial charge in [0.05, 0.1) is 0 Å². The lowest BCUT2D eigenvalue weighted by Gasteiger charge is -2.01. The van der Waals surface area contributed by atoms with Crippen LogP contribution < -0.4 is 5.32 Å². The molecule has 2 aromatic rings. The van der Waals surface area contributed by atoms with E-state index in [1.807, 2.05) is 24.3 Å². The molecule has 0 bridgehead atoms. The molecule has 0 aliphatic rings. The van der Waals surface area contributed by atoms with Crippen LogP contribution in [0.25, 0.3) is 6.08 Å². The van der Waals surface area contributed by atoms with E-state index < -0.39 is 0 Å². The van der Waals surface area contributed by atoms with Gasteiger partial charge in [0.1, 0.15) is 0 Å². The van der Waals surface area contributed by atoms with Gasteiger partial charge in [-0.05, 0) is 41.5 Å². The highest BCUT2D eigenvalue weighted by Crippen LogP contribution is 2.11. The lowest BCUT2D eigenvalue weighted by atomic mass is 10.2. The highest BCUT2D eigenvalue weighted by molar-refractivity contribution is 6.30. The lowest BCUT2D eigenvalue weighted by Crippen LogP contribution is -2.20. The van der Waals surface area contributed by atoms with Crippen molar-refractivity contribution in [2.75, 3.05) is 0 Å². The third-order valence-electron chi connectivity index (χ3n) is 2.49. The molecule has 0 aliphatic carbocycles. The Morgan fingerprint density at radius 3 is 2.79 bits per heavy atom. The zero-order chi connectivity index (χ0) is 13.5. The number of nitrogens with zero attached hydrogens (tertiary/aromatic N) is 1. The van der Waals surface area contributed by atoms with Crippen molar-refractivity contribution in [3.05, 3.63) is 71.0 Å². The summed E-state index contributed by atoms with van der Waals surface area (Å²) in [5.74, 6) is -0.142. The number of halogens is 1. The molecular formula is C15H13ClN2O.